The van der Waals surface area contributed by atoms with Crippen LogP contribution in [0.15, 0.2) is 42.5 Å². The summed E-state index contributed by atoms with van der Waals surface area (Å²) in [5, 5.41) is 0. The molecule has 0 spiro atoms. The zero-order valence-corrected chi connectivity index (χ0v) is 12.6. The van der Waals surface area contributed by atoms with E-state index in [0.717, 1.165) is 0 Å². The Bertz CT molecular complexity index is 531. The van der Waals surface area contributed by atoms with Gasteiger partial charge in [0.1, 0.15) is 11.6 Å². The SMILES string of the molecule is C=C(C(=O)OCC)C(c1ccccc1)C(C(C)=O)C(C)=O. The molecule has 0 heterocycles. The lowest BCUT2D eigenvalue weighted by Gasteiger charge is -2.24. The van der Waals surface area contributed by atoms with E-state index in [1.165, 1.54) is 13.8 Å². The minimum atomic E-state index is -0.927. The van der Waals surface area contributed by atoms with Crippen molar-refractivity contribution in [3.63, 3.8) is 0 Å². The lowest BCUT2D eigenvalue weighted by molar-refractivity contribution is -0.139. The quantitative estimate of drug-likeness (QED) is 0.439. The number of Topliss-reactive ketones (excluding diaryl/α,β-unsaturated/α-hetero) is 2. The van der Waals surface area contributed by atoms with E-state index >= 15 is 0 Å². The van der Waals surface area contributed by atoms with Gasteiger partial charge in [0.25, 0.3) is 0 Å². The summed E-state index contributed by atoms with van der Waals surface area (Å²) in [6, 6.07) is 8.95. The number of rotatable bonds is 7. The average Bonchev–Trinajstić information content (AvgIpc) is 2.44. The molecule has 1 rings (SSSR count). The molecule has 112 valence electrons. The first kappa shape index (κ1) is 16.8. The number of carbonyl (C=O) groups is 3. The van der Waals surface area contributed by atoms with Crippen LogP contribution in [0.3, 0.4) is 0 Å². The van der Waals surface area contributed by atoms with Gasteiger partial charge in [-0.2, -0.15) is 0 Å². The predicted molar refractivity (Wildman–Crippen MR) is 79.8 cm³/mol. The molecule has 1 aromatic rings. The fraction of sp³-hybridized carbons (Fsp3) is 0.353. The Kier molecular flexibility index (Phi) is 6.03. The Hall–Kier alpha value is -2.23. The van der Waals surface area contributed by atoms with Gasteiger partial charge < -0.3 is 4.74 Å². The van der Waals surface area contributed by atoms with Gasteiger partial charge in [0.2, 0.25) is 0 Å². The minimum Gasteiger partial charge on any atom is -0.463 e. The molecule has 0 aliphatic carbocycles. The molecule has 1 aromatic carbocycles. The van der Waals surface area contributed by atoms with Gasteiger partial charge in [-0.05, 0) is 26.3 Å². The van der Waals surface area contributed by atoms with Gasteiger partial charge in [-0.3, -0.25) is 9.59 Å². The molecule has 0 amide bonds. The van der Waals surface area contributed by atoms with Crippen LogP contribution in [0.5, 0.6) is 0 Å². The molecular formula is C17H20O4. The van der Waals surface area contributed by atoms with E-state index in [1.807, 2.05) is 6.07 Å². The summed E-state index contributed by atoms with van der Waals surface area (Å²) in [6.07, 6.45) is 0. The van der Waals surface area contributed by atoms with Crippen molar-refractivity contribution in [2.45, 2.75) is 26.7 Å². The van der Waals surface area contributed by atoms with E-state index in [9.17, 15) is 14.4 Å². The molecule has 0 saturated heterocycles. The van der Waals surface area contributed by atoms with Crippen LogP contribution in [-0.4, -0.2) is 24.1 Å². The fourth-order valence-electron chi connectivity index (χ4n) is 2.36. The monoisotopic (exact) mass is 288 g/mol. The number of hydrogen-bond acceptors (Lipinski definition) is 4. The summed E-state index contributed by atoms with van der Waals surface area (Å²) >= 11 is 0. The molecule has 0 saturated carbocycles. The molecule has 4 heteroatoms. The maximum atomic E-state index is 12.0. The van der Waals surface area contributed by atoms with Crippen molar-refractivity contribution in [1.82, 2.24) is 0 Å². The predicted octanol–water partition coefficient (Wildman–Crippen LogP) is 2.68. The maximum absolute atomic E-state index is 12.0. The molecule has 21 heavy (non-hydrogen) atoms. The number of hydrogen-bond donors (Lipinski definition) is 0. The molecule has 1 unspecified atom stereocenters. The van der Waals surface area contributed by atoms with Gasteiger partial charge in [0.05, 0.1) is 12.5 Å². The summed E-state index contributed by atoms with van der Waals surface area (Å²) < 4.78 is 4.95. The third-order valence-electron chi connectivity index (χ3n) is 3.28. The third kappa shape index (κ3) is 4.12. The molecule has 4 nitrogen and oxygen atoms in total. The number of carbonyl (C=O) groups excluding carboxylic acids is 3. The molecule has 0 radical (unpaired) electrons. The van der Waals surface area contributed by atoms with E-state index in [-0.39, 0.29) is 23.7 Å². The third-order valence-corrected chi connectivity index (χ3v) is 3.28. The van der Waals surface area contributed by atoms with Crippen LogP contribution in [0.2, 0.25) is 0 Å². The van der Waals surface area contributed by atoms with Gasteiger partial charge in [0, 0.05) is 11.5 Å². The van der Waals surface area contributed by atoms with Crippen LogP contribution < -0.4 is 0 Å². The highest BCUT2D eigenvalue weighted by atomic mass is 16.5. The second kappa shape index (κ2) is 7.53. The minimum absolute atomic E-state index is 0.124. The zero-order valence-electron chi connectivity index (χ0n) is 12.6. The first-order valence-corrected chi connectivity index (χ1v) is 6.81. The number of ketones is 2. The van der Waals surface area contributed by atoms with Gasteiger partial charge in [-0.15, -0.1) is 0 Å². The van der Waals surface area contributed by atoms with Crippen molar-refractivity contribution in [2.75, 3.05) is 6.61 Å². The lowest BCUT2D eigenvalue weighted by Crippen LogP contribution is -2.30. The Labute approximate surface area is 124 Å². The second-order valence-electron chi connectivity index (χ2n) is 4.83. The summed E-state index contributed by atoms with van der Waals surface area (Å²) in [4.78, 5) is 35.7. The Morgan fingerprint density at radius 3 is 2.05 bits per heavy atom. The van der Waals surface area contributed by atoms with Crippen LogP contribution in [0.25, 0.3) is 0 Å². The molecule has 0 aliphatic rings. The highest BCUT2D eigenvalue weighted by Gasteiger charge is 2.35. The van der Waals surface area contributed by atoms with Gasteiger partial charge >= 0.3 is 5.97 Å². The molecule has 0 aromatic heterocycles. The average molecular weight is 288 g/mol. The lowest BCUT2D eigenvalue weighted by atomic mass is 9.77. The first-order valence-electron chi connectivity index (χ1n) is 6.81. The smallest absolute Gasteiger partial charge is 0.334 e. The highest BCUT2D eigenvalue weighted by molar-refractivity contribution is 6.03. The largest absolute Gasteiger partial charge is 0.463 e. The van der Waals surface area contributed by atoms with Gasteiger partial charge in [-0.1, -0.05) is 36.9 Å². The summed E-state index contributed by atoms with van der Waals surface area (Å²) in [5.41, 5.74) is 0.824. The molecule has 0 bridgehead atoms. The van der Waals surface area contributed by atoms with E-state index in [1.54, 1.807) is 31.2 Å². The van der Waals surface area contributed by atoms with Crippen molar-refractivity contribution in [3.8, 4) is 0 Å². The van der Waals surface area contributed by atoms with Gasteiger partial charge in [0.15, 0.2) is 0 Å². The van der Waals surface area contributed by atoms with Gasteiger partial charge in [-0.25, -0.2) is 4.79 Å². The van der Waals surface area contributed by atoms with E-state index in [0.29, 0.717) is 5.56 Å². The number of esters is 1. The normalized spacial score (nSPS) is 11.8. The first-order chi connectivity index (χ1) is 9.90. The van der Waals surface area contributed by atoms with Crippen LogP contribution in [0, 0.1) is 5.92 Å². The molecule has 0 fully saturated rings. The van der Waals surface area contributed by atoms with Crippen molar-refractivity contribution >= 4 is 17.5 Å². The van der Waals surface area contributed by atoms with Crippen LogP contribution in [0.1, 0.15) is 32.3 Å². The van der Waals surface area contributed by atoms with Crippen LogP contribution in [-0.2, 0) is 19.1 Å². The van der Waals surface area contributed by atoms with E-state index in [2.05, 4.69) is 6.58 Å². The maximum Gasteiger partial charge on any atom is 0.334 e. The van der Waals surface area contributed by atoms with Crippen LogP contribution in [0.4, 0.5) is 0 Å². The van der Waals surface area contributed by atoms with Crippen molar-refractivity contribution in [3.05, 3.63) is 48.0 Å². The van der Waals surface area contributed by atoms with Crippen molar-refractivity contribution in [2.24, 2.45) is 5.92 Å². The van der Waals surface area contributed by atoms with Crippen LogP contribution >= 0.6 is 0 Å². The molecule has 0 aliphatic heterocycles. The van der Waals surface area contributed by atoms with E-state index in [4.69, 9.17) is 4.74 Å². The number of ether oxygens (including phenoxy) is 1. The number of benzene rings is 1. The van der Waals surface area contributed by atoms with E-state index < -0.39 is 17.8 Å². The zero-order chi connectivity index (χ0) is 16.0. The Morgan fingerprint density at radius 1 is 1.10 bits per heavy atom. The Morgan fingerprint density at radius 2 is 1.62 bits per heavy atom. The summed E-state index contributed by atoms with van der Waals surface area (Å²) in [6.45, 7) is 8.36. The fourth-order valence-corrected chi connectivity index (χ4v) is 2.36. The molecule has 1 atom stereocenters. The van der Waals surface area contributed by atoms with Crippen molar-refractivity contribution in [1.29, 1.82) is 0 Å². The Balaban J connectivity index is 3.29. The van der Waals surface area contributed by atoms with Crippen molar-refractivity contribution < 1.29 is 19.1 Å². The summed E-state index contributed by atoms with van der Waals surface area (Å²) in [7, 11) is 0. The topological polar surface area (TPSA) is 60.4 Å². The second-order valence-corrected chi connectivity index (χ2v) is 4.83. The molecule has 0 N–H and O–H groups in total. The summed E-state index contributed by atoms with van der Waals surface area (Å²) in [5.74, 6) is -2.79. The standard InChI is InChI=1S/C17H20O4/c1-5-21-17(20)11(2)15(14-9-7-6-8-10-14)16(12(3)18)13(4)19/h6-10,15-16H,2,5H2,1,3-4H3. The molecular weight excluding hydrogens is 268 g/mol. The highest BCUT2D eigenvalue weighted by Crippen LogP contribution is 2.33.